The highest BCUT2D eigenvalue weighted by Gasteiger charge is 2.31. The molecule has 0 spiro atoms. The molecule has 0 radical (unpaired) electrons. The van der Waals surface area contributed by atoms with Crippen molar-refractivity contribution in [2.24, 2.45) is 0 Å². The Morgan fingerprint density at radius 1 is 1.00 bits per heavy atom. The lowest BCUT2D eigenvalue weighted by Gasteiger charge is -2.15. The molecule has 0 aliphatic rings. The number of benzene rings is 2. The van der Waals surface area contributed by atoms with E-state index in [0.717, 1.165) is 17.0 Å². The van der Waals surface area contributed by atoms with Gasteiger partial charge in [-0.2, -0.15) is 0 Å². The van der Waals surface area contributed by atoms with E-state index in [2.05, 4.69) is 34.2 Å². The van der Waals surface area contributed by atoms with Crippen molar-refractivity contribution in [3.63, 3.8) is 0 Å². The Hall–Kier alpha value is -3.40. The number of amides is 2. The van der Waals surface area contributed by atoms with Crippen LogP contribution in [-0.4, -0.2) is 22.6 Å². The second-order valence-electron chi connectivity index (χ2n) is 6.72. The van der Waals surface area contributed by atoms with Crippen molar-refractivity contribution in [2.75, 3.05) is 10.6 Å². The van der Waals surface area contributed by atoms with Gasteiger partial charge in [-0.15, -0.1) is 24.9 Å². The van der Waals surface area contributed by atoms with Crippen LogP contribution in [-0.2, 0) is 0 Å². The van der Waals surface area contributed by atoms with Crippen LogP contribution in [0.5, 0.6) is 17.4 Å². The quantitative estimate of drug-likeness (QED) is 0.372. The van der Waals surface area contributed by atoms with Gasteiger partial charge >= 0.3 is 12.4 Å². The predicted molar refractivity (Wildman–Crippen MR) is 118 cm³/mol. The third-order valence-electron chi connectivity index (χ3n) is 3.78. The van der Waals surface area contributed by atoms with Crippen LogP contribution in [0.3, 0.4) is 0 Å². The molecule has 3 aromatic rings. The molecule has 2 aromatic carbocycles. The molecule has 32 heavy (non-hydrogen) atoms. The molecule has 1 heterocycles. The topological polar surface area (TPSA) is 72.5 Å². The maximum atomic E-state index is 12.4. The van der Waals surface area contributed by atoms with E-state index in [1.54, 1.807) is 23.9 Å². The number of carbonyl (C=O) groups excluding carboxylic acids is 1. The van der Waals surface area contributed by atoms with Crippen LogP contribution in [0.1, 0.15) is 13.8 Å². The van der Waals surface area contributed by atoms with Gasteiger partial charge in [0.05, 0.1) is 4.90 Å². The van der Waals surface area contributed by atoms with E-state index in [1.165, 1.54) is 18.3 Å². The Kier molecular flexibility index (Phi) is 7.47. The number of nitrogens with zero attached hydrogens (tertiary/aromatic N) is 1. The standard InChI is InChI=1S/C22H20F3N3O3S/c1-14(2)32-19-8-4-3-7-18(19)30-20-17(6-5-13-26-20)28-21(29)27-15-9-11-16(12-10-15)31-22(23,24)25/h3-14H,1-2H3,(H2,27,28,29). The summed E-state index contributed by atoms with van der Waals surface area (Å²) >= 11 is 1.64. The van der Waals surface area contributed by atoms with E-state index in [9.17, 15) is 18.0 Å². The van der Waals surface area contributed by atoms with E-state index in [0.29, 0.717) is 16.7 Å². The maximum absolute atomic E-state index is 12.4. The summed E-state index contributed by atoms with van der Waals surface area (Å²) in [5.74, 6) is 0.423. The number of pyridine rings is 1. The number of thioether (sulfide) groups is 1. The maximum Gasteiger partial charge on any atom is 0.573 e. The van der Waals surface area contributed by atoms with Crippen LogP contribution >= 0.6 is 11.8 Å². The first kappa shape index (κ1) is 23.3. The summed E-state index contributed by atoms with van der Waals surface area (Å²) in [5, 5.41) is 5.52. The van der Waals surface area contributed by atoms with Crippen LogP contribution < -0.4 is 20.1 Å². The Balaban J connectivity index is 1.68. The molecule has 6 nitrogen and oxygen atoms in total. The van der Waals surface area contributed by atoms with Crippen LogP contribution in [0, 0.1) is 0 Å². The van der Waals surface area contributed by atoms with Gasteiger partial charge in [0, 0.05) is 17.1 Å². The summed E-state index contributed by atoms with van der Waals surface area (Å²) in [6.45, 7) is 4.14. The molecule has 168 valence electrons. The van der Waals surface area contributed by atoms with E-state index in [1.807, 2.05) is 24.3 Å². The second kappa shape index (κ2) is 10.3. The van der Waals surface area contributed by atoms with Crippen LogP contribution in [0.25, 0.3) is 0 Å². The summed E-state index contributed by atoms with van der Waals surface area (Å²) in [6, 6.07) is 14.9. The smallest absolute Gasteiger partial charge is 0.436 e. The first-order valence-electron chi connectivity index (χ1n) is 9.52. The summed E-state index contributed by atoms with van der Waals surface area (Å²) < 4.78 is 46.5. The Morgan fingerprint density at radius 3 is 2.41 bits per heavy atom. The highest BCUT2D eigenvalue weighted by molar-refractivity contribution is 8.00. The fraction of sp³-hybridized carbons (Fsp3) is 0.182. The van der Waals surface area contributed by atoms with Crippen molar-refractivity contribution in [3.05, 3.63) is 66.9 Å². The van der Waals surface area contributed by atoms with E-state index in [-0.39, 0.29) is 17.3 Å². The van der Waals surface area contributed by atoms with Gasteiger partial charge in [-0.25, -0.2) is 9.78 Å². The Morgan fingerprint density at radius 2 is 1.72 bits per heavy atom. The lowest BCUT2D eigenvalue weighted by molar-refractivity contribution is -0.274. The lowest BCUT2D eigenvalue weighted by Crippen LogP contribution is -2.20. The second-order valence-corrected chi connectivity index (χ2v) is 8.34. The lowest BCUT2D eigenvalue weighted by atomic mass is 10.3. The number of para-hydroxylation sites is 1. The number of rotatable bonds is 7. The van der Waals surface area contributed by atoms with Gasteiger partial charge in [0.1, 0.15) is 17.2 Å². The van der Waals surface area contributed by atoms with Crippen molar-refractivity contribution in [2.45, 2.75) is 30.4 Å². The first-order chi connectivity index (χ1) is 15.2. The fourth-order valence-corrected chi connectivity index (χ4v) is 3.47. The van der Waals surface area contributed by atoms with Crippen molar-refractivity contribution in [3.8, 4) is 17.4 Å². The number of alkyl halides is 3. The third kappa shape index (κ3) is 7.09. The number of carbonyl (C=O) groups is 1. The minimum Gasteiger partial charge on any atom is -0.436 e. The molecule has 0 aliphatic heterocycles. The van der Waals surface area contributed by atoms with Crippen molar-refractivity contribution < 1.29 is 27.4 Å². The van der Waals surface area contributed by atoms with E-state index >= 15 is 0 Å². The molecule has 0 unspecified atom stereocenters. The zero-order valence-electron chi connectivity index (χ0n) is 17.1. The van der Waals surface area contributed by atoms with Gasteiger partial charge in [-0.3, -0.25) is 0 Å². The monoisotopic (exact) mass is 463 g/mol. The number of hydrogen-bond donors (Lipinski definition) is 2. The van der Waals surface area contributed by atoms with Gasteiger partial charge in [0.25, 0.3) is 0 Å². The third-order valence-corrected chi connectivity index (χ3v) is 4.85. The first-order valence-corrected chi connectivity index (χ1v) is 10.4. The highest BCUT2D eigenvalue weighted by atomic mass is 32.2. The molecule has 0 saturated heterocycles. The Bertz CT molecular complexity index is 1060. The molecule has 3 rings (SSSR count). The molecule has 1 aromatic heterocycles. The zero-order valence-corrected chi connectivity index (χ0v) is 18.0. The van der Waals surface area contributed by atoms with Gasteiger partial charge in [0.15, 0.2) is 0 Å². The SMILES string of the molecule is CC(C)Sc1ccccc1Oc1ncccc1NC(=O)Nc1ccc(OC(F)(F)F)cc1. The van der Waals surface area contributed by atoms with Gasteiger partial charge in [0.2, 0.25) is 5.88 Å². The van der Waals surface area contributed by atoms with E-state index < -0.39 is 12.4 Å². The molecular weight excluding hydrogens is 443 g/mol. The number of ether oxygens (including phenoxy) is 2. The number of urea groups is 1. The molecular formula is C22H20F3N3O3S. The number of halogens is 3. The summed E-state index contributed by atoms with van der Waals surface area (Å²) in [6.07, 6.45) is -3.24. The zero-order chi connectivity index (χ0) is 23.1. The summed E-state index contributed by atoms with van der Waals surface area (Å²) in [4.78, 5) is 17.5. The molecule has 0 bridgehead atoms. The molecule has 0 atom stereocenters. The molecule has 2 amide bonds. The van der Waals surface area contributed by atoms with Crippen molar-refractivity contribution >= 4 is 29.2 Å². The summed E-state index contributed by atoms with van der Waals surface area (Å²) in [5.41, 5.74) is 0.605. The average Bonchev–Trinajstić information content (AvgIpc) is 2.71. The highest BCUT2D eigenvalue weighted by Crippen LogP contribution is 2.36. The number of nitrogens with one attached hydrogen (secondary N) is 2. The predicted octanol–water partition coefficient (Wildman–Crippen LogP) is 6.92. The average molecular weight is 463 g/mol. The molecule has 2 N–H and O–H groups in total. The van der Waals surface area contributed by atoms with Gasteiger partial charge in [-0.05, 0) is 48.5 Å². The van der Waals surface area contributed by atoms with Gasteiger partial charge < -0.3 is 20.1 Å². The fourth-order valence-electron chi connectivity index (χ4n) is 2.58. The van der Waals surface area contributed by atoms with Crippen LogP contribution in [0.4, 0.5) is 29.3 Å². The molecule has 0 fully saturated rings. The van der Waals surface area contributed by atoms with Crippen LogP contribution in [0.2, 0.25) is 0 Å². The number of anilines is 2. The van der Waals surface area contributed by atoms with Gasteiger partial charge in [-0.1, -0.05) is 26.0 Å². The van der Waals surface area contributed by atoms with Crippen LogP contribution in [0.15, 0.2) is 71.8 Å². The number of hydrogen-bond acceptors (Lipinski definition) is 5. The molecule has 0 saturated carbocycles. The minimum absolute atomic E-state index is 0.202. The summed E-state index contributed by atoms with van der Waals surface area (Å²) in [7, 11) is 0. The van der Waals surface area contributed by atoms with E-state index in [4.69, 9.17) is 4.74 Å². The number of aromatic nitrogens is 1. The molecule has 0 aliphatic carbocycles. The van der Waals surface area contributed by atoms with Crippen molar-refractivity contribution in [1.82, 2.24) is 4.98 Å². The molecule has 10 heteroatoms. The largest absolute Gasteiger partial charge is 0.573 e. The minimum atomic E-state index is -4.78. The Labute approximate surface area is 187 Å². The normalized spacial score (nSPS) is 11.2. The van der Waals surface area contributed by atoms with Crippen molar-refractivity contribution in [1.29, 1.82) is 0 Å².